The first kappa shape index (κ1) is 10.6. The van der Waals surface area contributed by atoms with Crippen molar-refractivity contribution in [2.75, 3.05) is 0 Å². The maximum Gasteiger partial charge on any atom is 0.146 e. The van der Waals surface area contributed by atoms with Gasteiger partial charge in [0.1, 0.15) is 26.1 Å². The molecule has 6 heteroatoms. The zero-order valence-electron chi connectivity index (χ0n) is 7.75. The van der Waals surface area contributed by atoms with Gasteiger partial charge in [0.05, 0.1) is 12.2 Å². The van der Waals surface area contributed by atoms with E-state index in [1.165, 1.54) is 0 Å². The average molecular weight is 187 g/mol. The molecule has 1 aliphatic rings. The summed E-state index contributed by atoms with van der Waals surface area (Å²) >= 11 is 0. The van der Waals surface area contributed by atoms with Gasteiger partial charge in [-0.15, -0.1) is 0 Å². The lowest BCUT2D eigenvalue weighted by atomic mass is 9.86. The molecule has 2 N–H and O–H groups in total. The standard InChI is InChI=1S/C7H14BNO4/c1-3-6(10)7(11)5(9-12)4(2-8)13-3/h3-7,10-11H,2,8H2,1H3/t3-,4-,5-,6?,7?/m1/s1. The molecule has 0 aromatic carbocycles. The number of nitroso groups, excluding NO2 is 1. The number of nitrogens with zero attached hydrogens (tertiary/aromatic N) is 1. The fourth-order valence-electron chi connectivity index (χ4n) is 1.60. The van der Waals surface area contributed by atoms with Gasteiger partial charge in [-0.25, -0.2) is 0 Å². The molecule has 74 valence electrons. The molecule has 1 rings (SSSR count). The summed E-state index contributed by atoms with van der Waals surface area (Å²) in [6, 6.07) is -0.851. The summed E-state index contributed by atoms with van der Waals surface area (Å²) in [5.74, 6) is 0. The van der Waals surface area contributed by atoms with Crippen LogP contribution in [-0.2, 0) is 4.74 Å². The highest BCUT2D eigenvalue weighted by atomic mass is 16.5. The van der Waals surface area contributed by atoms with Crippen LogP contribution in [0.4, 0.5) is 0 Å². The molecule has 1 saturated heterocycles. The molecule has 0 aromatic heterocycles. The van der Waals surface area contributed by atoms with Gasteiger partial charge in [-0.05, 0) is 6.92 Å². The molecule has 0 radical (unpaired) electrons. The van der Waals surface area contributed by atoms with Crippen molar-refractivity contribution in [3.05, 3.63) is 4.91 Å². The normalized spacial score (nSPS) is 45.9. The Bertz CT molecular complexity index is 189. The monoisotopic (exact) mass is 187 g/mol. The van der Waals surface area contributed by atoms with E-state index in [1.54, 1.807) is 6.92 Å². The SMILES string of the molecule is BC[C@H]1O[C@H](C)C(O)C(O)[C@@H]1N=O. The van der Waals surface area contributed by atoms with Crippen molar-refractivity contribution < 1.29 is 14.9 Å². The quantitative estimate of drug-likeness (QED) is 0.415. The lowest BCUT2D eigenvalue weighted by Crippen LogP contribution is -2.55. The van der Waals surface area contributed by atoms with E-state index >= 15 is 0 Å². The molecule has 5 nitrogen and oxygen atoms in total. The van der Waals surface area contributed by atoms with Crippen LogP contribution < -0.4 is 0 Å². The number of rotatable bonds is 2. The molecule has 2 unspecified atom stereocenters. The second kappa shape index (κ2) is 4.17. The summed E-state index contributed by atoms with van der Waals surface area (Å²) in [6.07, 6.45) is -2.36. The van der Waals surface area contributed by atoms with Gasteiger partial charge in [0, 0.05) is 0 Å². The predicted octanol–water partition coefficient (Wildman–Crippen LogP) is -1.32. The van der Waals surface area contributed by atoms with Gasteiger partial charge in [0.15, 0.2) is 0 Å². The van der Waals surface area contributed by atoms with Crippen molar-refractivity contribution in [1.82, 2.24) is 0 Å². The third kappa shape index (κ3) is 1.90. The lowest BCUT2D eigenvalue weighted by Gasteiger charge is -2.38. The number of aliphatic hydroxyl groups is 2. The zero-order valence-corrected chi connectivity index (χ0v) is 7.75. The molecule has 0 aliphatic carbocycles. The molecule has 1 heterocycles. The number of hydrogen-bond donors (Lipinski definition) is 2. The van der Waals surface area contributed by atoms with E-state index in [0.717, 1.165) is 0 Å². The van der Waals surface area contributed by atoms with Crippen LogP contribution >= 0.6 is 0 Å². The van der Waals surface area contributed by atoms with Crippen molar-refractivity contribution in [3.8, 4) is 0 Å². The van der Waals surface area contributed by atoms with Crippen molar-refractivity contribution >= 4 is 7.85 Å². The van der Waals surface area contributed by atoms with E-state index in [4.69, 9.17) is 4.74 Å². The average Bonchev–Trinajstić information content (AvgIpc) is 2.13. The Morgan fingerprint density at radius 2 is 2.08 bits per heavy atom. The van der Waals surface area contributed by atoms with Gasteiger partial charge in [-0.3, -0.25) is 0 Å². The summed E-state index contributed by atoms with van der Waals surface area (Å²) in [5.41, 5.74) is 0. The second-order valence-electron chi connectivity index (χ2n) is 3.37. The number of hydrogen-bond acceptors (Lipinski definition) is 5. The van der Waals surface area contributed by atoms with Gasteiger partial charge in [0.25, 0.3) is 0 Å². The zero-order chi connectivity index (χ0) is 10.0. The van der Waals surface area contributed by atoms with E-state index in [0.29, 0.717) is 6.32 Å². The maximum absolute atomic E-state index is 10.4. The van der Waals surface area contributed by atoms with Crippen LogP contribution in [0.3, 0.4) is 0 Å². The molecule has 13 heavy (non-hydrogen) atoms. The first-order valence-corrected chi connectivity index (χ1v) is 4.45. The van der Waals surface area contributed by atoms with Crippen LogP contribution in [0.15, 0.2) is 5.18 Å². The van der Waals surface area contributed by atoms with E-state index < -0.39 is 24.4 Å². The van der Waals surface area contributed by atoms with E-state index in [-0.39, 0.29) is 6.10 Å². The highest BCUT2D eigenvalue weighted by Gasteiger charge is 2.42. The Labute approximate surface area is 77.5 Å². The van der Waals surface area contributed by atoms with E-state index in [2.05, 4.69) is 5.18 Å². The Balaban J connectivity index is 2.74. The molecule has 0 aromatic rings. The molecule has 0 spiro atoms. The highest BCUT2D eigenvalue weighted by molar-refractivity contribution is 6.08. The minimum absolute atomic E-state index is 0.383. The van der Waals surface area contributed by atoms with Crippen molar-refractivity contribution in [3.63, 3.8) is 0 Å². The third-order valence-electron chi connectivity index (χ3n) is 2.48. The minimum atomic E-state index is -1.11. The third-order valence-corrected chi connectivity index (χ3v) is 2.48. The molecule has 0 saturated carbocycles. The summed E-state index contributed by atoms with van der Waals surface area (Å²) in [4.78, 5) is 10.4. The molecule has 0 amide bonds. The van der Waals surface area contributed by atoms with Crippen LogP contribution in [0.2, 0.25) is 6.32 Å². The Morgan fingerprint density at radius 1 is 1.46 bits per heavy atom. The molecule has 0 bridgehead atoms. The Morgan fingerprint density at radius 3 is 2.54 bits per heavy atom. The van der Waals surface area contributed by atoms with Gasteiger partial charge in [0.2, 0.25) is 0 Å². The minimum Gasteiger partial charge on any atom is -0.388 e. The van der Waals surface area contributed by atoms with Crippen LogP contribution in [0.25, 0.3) is 0 Å². The van der Waals surface area contributed by atoms with Gasteiger partial charge >= 0.3 is 0 Å². The van der Waals surface area contributed by atoms with E-state index in [9.17, 15) is 15.1 Å². The van der Waals surface area contributed by atoms with Gasteiger partial charge in [-0.2, -0.15) is 4.91 Å². The van der Waals surface area contributed by atoms with E-state index in [1.807, 2.05) is 7.85 Å². The van der Waals surface area contributed by atoms with Crippen LogP contribution in [-0.4, -0.2) is 48.5 Å². The summed E-state index contributed by atoms with van der Waals surface area (Å²) in [6.45, 7) is 1.66. The fourth-order valence-corrected chi connectivity index (χ4v) is 1.60. The largest absolute Gasteiger partial charge is 0.388 e. The van der Waals surface area contributed by atoms with Gasteiger partial charge in [-0.1, -0.05) is 11.5 Å². The smallest absolute Gasteiger partial charge is 0.146 e. The Hall–Kier alpha value is -0.455. The number of ether oxygens (including phenoxy) is 1. The molecule has 1 aliphatic heterocycles. The molecular formula is C7H14BNO4. The van der Waals surface area contributed by atoms with Crippen molar-refractivity contribution in [2.24, 2.45) is 5.18 Å². The summed E-state index contributed by atoms with van der Waals surface area (Å²) in [5, 5.41) is 21.7. The number of aliphatic hydroxyl groups excluding tert-OH is 2. The van der Waals surface area contributed by atoms with Crippen LogP contribution in [0, 0.1) is 4.91 Å². The van der Waals surface area contributed by atoms with Gasteiger partial charge < -0.3 is 14.9 Å². The lowest BCUT2D eigenvalue weighted by molar-refractivity contribution is -0.166. The Kier molecular flexibility index (Phi) is 3.41. The fraction of sp³-hybridized carbons (Fsp3) is 1.00. The molecule has 1 fully saturated rings. The van der Waals surface area contributed by atoms with Crippen LogP contribution in [0.1, 0.15) is 6.92 Å². The molecule has 5 atom stereocenters. The second-order valence-corrected chi connectivity index (χ2v) is 3.37. The predicted molar refractivity (Wildman–Crippen MR) is 49.3 cm³/mol. The van der Waals surface area contributed by atoms with Crippen molar-refractivity contribution in [1.29, 1.82) is 0 Å². The molecular weight excluding hydrogens is 173 g/mol. The topological polar surface area (TPSA) is 79.1 Å². The summed E-state index contributed by atoms with van der Waals surface area (Å²) in [7, 11) is 1.85. The highest BCUT2D eigenvalue weighted by Crippen LogP contribution is 2.24. The maximum atomic E-state index is 10.4. The first-order chi connectivity index (χ1) is 6.11. The summed E-state index contributed by atoms with van der Waals surface area (Å²) < 4.78 is 5.32. The van der Waals surface area contributed by atoms with Crippen molar-refractivity contribution in [2.45, 2.75) is 43.7 Å². The van der Waals surface area contributed by atoms with Crippen LogP contribution in [0.5, 0.6) is 0 Å². The first-order valence-electron chi connectivity index (χ1n) is 4.45.